The third-order valence-electron chi connectivity index (χ3n) is 11.0. The van der Waals surface area contributed by atoms with Gasteiger partial charge in [-0.1, -0.05) is 63.2 Å². The molecule has 2 aliphatic rings. The number of anilines is 1. The van der Waals surface area contributed by atoms with Gasteiger partial charge >= 0.3 is 12.1 Å². The molecule has 59 heavy (non-hydrogen) atoms. The molecule has 0 fully saturated rings. The molecule has 316 valence electrons. The third kappa shape index (κ3) is 10.7. The smallest absolute Gasteiger partial charge is 0.410 e. The van der Waals surface area contributed by atoms with Crippen molar-refractivity contribution in [2.24, 2.45) is 5.41 Å². The number of amides is 5. The molecule has 0 saturated heterocycles. The van der Waals surface area contributed by atoms with Crippen molar-refractivity contribution < 1.29 is 38.2 Å². The third-order valence-corrected chi connectivity index (χ3v) is 11.0. The number of likely N-dealkylation sites (N-methyl/N-ethyl adjacent to an activating group) is 1. The van der Waals surface area contributed by atoms with Crippen LogP contribution in [0.2, 0.25) is 0 Å². The van der Waals surface area contributed by atoms with Gasteiger partial charge in [-0.25, -0.2) is 9.59 Å². The van der Waals surface area contributed by atoms with E-state index in [4.69, 9.17) is 9.47 Å². The van der Waals surface area contributed by atoms with Gasteiger partial charge in [0.05, 0.1) is 25.3 Å². The van der Waals surface area contributed by atoms with Crippen LogP contribution < -0.4 is 15.5 Å². The van der Waals surface area contributed by atoms with E-state index in [1.165, 1.54) is 36.4 Å². The number of carbonyl (C=O) groups is 6. The van der Waals surface area contributed by atoms with E-state index in [9.17, 15) is 24.0 Å². The normalized spacial score (nSPS) is 17.3. The first-order valence-electron chi connectivity index (χ1n) is 20.2. The van der Waals surface area contributed by atoms with Gasteiger partial charge in [0.1, 0.15) is 23.7 Å². The number of benzene rings is 3. The van der Waals surface area contributed by atoms with Crippen molar-refractivity contribution in [2.45, 2.75) is 124 Å². The number of hydrogen-bond donors (Lipinski definition) is 2. The number of fused-ring (bicyclic) bond motifs is 2. The minimum atomic E-state index is -1.08. The van der Waals surface area contributed by atoms with Crippen molar-refractivity contribution in [3.8, 4) is 0 Å². The van der Waals surface area contributed by atoms with E-state index >= 15 is 4.79 Å². The fourth-order valence-electron chi connectivity index (χ4n) is 7.55. The molecular formula is C46H59N5O8. The van der Waals surface area contributed by atoms with E-state index in [2.05, 4.69) is 16.7 Å². The average molecular weight is 810 g/mol. The highest BCUT2D eigenvalue weighted by atomic mass is 16.6. The second-order valence-corrected chi connectivity index (χ2v) is 17.7. The first-order chi connectivity index (χ1) is 27.7. The maximum absolute atomic E-state index is 15.0. The van der Waals surface area contributed by atoms with E-state index < -0.39 is 53.0 Å². The molecule has 1 heterocycles. The molecule has 3 aromatic rings. The van der Waals surface area contributed by atoms with Gasteiger partial charge in [-0.05, 0) is 104 Å². The maximum Gasteiger partial charge on any atom is 0.410 e. The lowest BCUT2D eigenvalue weighted by Crippen LogP contribution is -2.62. The van der Waals surface area contributed by atoms with Gasteiger partial charge in [0.15, 0.2) is 0 Å². The zero-order valence-corrected chi connectivity index (χ0v) is 36.0. The molecule has 1 aliphatic heterocycles. The van der Waals surface area contributed by atoms with Crippen LogP contribution in [0.1, 0.15) is 112 Å². The van der Waals surface area contributed by atoms with E-state index in [1.54, 1.807) is 56.9 Å². The summed E-state index contributed by atoms with van der Waals surface area (Å²) in [5.41, 5.74) is 4.07. The SMILES string of the molecule is COC(=O)c1ccc(CN(C(C)=O)c2ccc3c(c2)CN(C(=O)C(NC(=O)C(C)N(C)C(=O)OC(C)(C)C)C(C)(C)C)C(C(=O)NC2CCCc4ccccc42)C3)cc1. The fraction of sp³-hybridized carbons (Fsp3) is 0.478. The number of esters is 1. The minimum absolute atomic E-state index is 0.0384. The van der Waals surface area contributed by atoms with Crippen LogP contribution in [0.4, 0.5) is 10.5 Å². The lowest BCUT2D eigenvalue weighted by Gasteiger charge is -2.42. The van der Waals surface area contributed by atoms with Crippen molar-refractivity contribution >= 4 is 41.4 Å². The summed E-state index contributed by atoms with van der Waals surface area (Å²) in [6.45, 7) is 14.0. The molecule has 1 aliphatic carbocycles. The quantitative estimate of drug-likeness (QED) is 0.228. The van der Waals surface area contributed by atoms with Gasteiger partial charge in [-0.2, -0.15) is 0 Å². The van der Waals surface area contributed by atoms with Crippen LogP contribution in [-0.2, 0) is 54.6 Å². The predicted molar refractivity (Wildman–Crippen MR) is 224 cm³/mol. The standard InChI is InChI=1S/C46H59N5O8/c1-28(49(9)44(57)59-46(6,7)8)40(53)48-39(45(3,4)5)42(55)51-27-34-24-35(50(29(2)52)26-30-18-20-32(21-19-30)43(56)58-10)23-22-33(34)25-38(51)41(54)47-37-17-13-15-31-14-11-12-16-36(31)37/h11-12,14,16,18-24,28,37-39H,13,15,17,25-27H2,1-10H3,(H,47,54)(H,48,53). The van der Waals surface area contributed by atoms with Gasteiger partial charge < -0.3 is 29.9 Å². The second-order valence-electron chi connectivity index (χ2n) is 17.7. The summed E-state index contributed by atoms with van der Waals surface area (Å²) < 4.78 is 10.3. The Morgan fingerprint density at radius 2 is 1.58 bits per heavy atom. The van der Waals surface area contributed by atoms with Crippen LogP contribution in [0, 0.1) is 5.41 Å². The number of methoxy groups -OCH3 is 1. The molecule has 0 radical (unpaired) electrons. The molecule has 0 saturated carbocycles. The van der Waals surface area contributed by atoms with Crippen LogP contribution in [0.25, 0.3) is 0 Å². The summed E-state index contributed by atoms with van der Waals surface area (Å²) >= 11 is 0. The van der Waals surface area contributed by atoms with Gasteiger partial charge in [0.25, 0.3) is 0 Å². The molecule has 13 heteroatoms. The Hall–Kier alpha value is -5.72. The number of aryl methyl sites for hydroxylation is 1. The summed E-state index contributed by atoms with van der Waals surface area (Å²) in [7, 11) is 2.79. The first kappa shape index (κ1) is 44.4. The zero-order valence-electron chi connectivity index (χ0n) is 36.0. The molecule has 13 nitrogen and oxygen atoms in total. The van der Waals surface area contributed by atoms with Gasteiger partial charge in [-0.15, -0.1) is 0 Å². The van der Waals surface area contributed by atoms with Gasteiger partial charge in [0.2, 0.25) is 23.6 Å². The number of nitrogens with one attached hydrogen (secondary N) is 2. The van der Waals surface area contributed by atoms with Crippen LogP contribution in [-0.4, -0.2) is 83.4 Å². The number of ether oxygens (including phenoxy) is 2. The second kappa shape index (κ2) is 18.0. The van der Waals surface area contributed by atoms with Gasteiger partial charge in [0, 0.05) is 32.6 Å². The molecule has 0 aromatic heterocycles. The van der Waals surface area contributed by atoms with E-state index in [1.807, 2.05) is 57.2 Å². The summed E-state index contributed by atoms with van der Waals surface area (Å²) in [6, 6.07) is 17.3. The highest BCUT2D eigenvalue weighted by Crippen LogP contribution is 2.34. The Morgan fingerprint density at radius 1 is 0.898 bits per heavy atom. The molecule has 0 bridgehead atoms. The highest BCUT2D eigenvalue weighted by molar-refractivity contribution is 5.95. The highest BCUT2D eigenvalue weighted by Gasteiger charge is 2.43. The molecule has 5 amide bonds. The lowest BCUT2D eigenvalue weighted by atomic mass is 9.83. The van der Waals surface area contributed by atoms with E-state index in [0.29, 0.717) is 11.3 Å². The van der Waals surface area contributed by atoms with E-state index in [0.717, 1.165) is 41.5 Å². The summed E-state index contributed by atoms with van der Waals surface area (Å²) in [5, 5.41) is 6.19. The molecular weight excluding hydrogens is 751 g/mol. The van der Waals surface area contributed by atoms with Crippen molar-refractivity contribution in [1.29, 1.82) is 0 Å². The predicted octanol–water partition coefficient (Wildman–Crippen LogP) is 6.26. The van der Waals surface area contributed by atoms with Crippen molar-refractivity contribution in [3.63, 3.8) is 0 Å². The van der Waals surface area contributed by atoms with Crippen molar-refractivity contribution in [3.05, 3.63) is 100 Å². The van der Waals surface area contributed by atoms with Crippen LogP contribution in [0.3, 0.4) is 0 Å². The number of hydrogen-bond acceptors (Lipinski definition) is 8. The Labute approximate surface area is 347 Å². The summed E-state index contributed by atoms with van der Waals surface area (Å²) in [4.78, 5) is 85.6. The zero-order chi connectivity index (χ0) is 43.4. The first-order valence-corrected chi connectivity index (χ1v) is 20.2. The largest absolute Gasteiger partial charge is 0.465 e. The molecule has 2 N–H and O–H groups in total. The van der Waals surface area contributed by atoms with Crippen LogP contribution in [0.15, 0.2) is 66.7 Å². The van der Waals surface area contributed by atoms with Gasteiger partial charge in [-0.3, -0.25) is 24.1 Å². The van der Waals surface area contributed by atoms with Crippen LogP contribution >= 0.6 is 0 Å². The molecule has 4 atom stereocenters. The van der Waals surface area contributed by atoms with Crippen LogP contribution in [0.5, 0.6) is 0 Å². The number of rotatable bonds is 10. The monoisotopic (exact) mass is 809 g/mol. The molecule has 0 spiro atoms. The Balaban J connectivity index is 1.47. The fourth-order valence-corrected chi connectivity index (χ4v) is 7.55. The number of nitrogens with zero attached hydrogens (tertiary/aromatic N) is 3. The Morgan fingerprint density at radius 3 is 2.20 bits per heavy atom. The summed E-state index contributed by atoms with van der Waals surface area (Å²) in [6.07, 6.45) is 2.13. The van der Waals surface area contributed by atoms with Crippen molar-refractivity contribution in [1.82, 2.24) is 20.4 Å². The summed E-state index contributed by atoms with van der Waals surface area (Å²) in [5.74, 6) is -1.97. The minimum Gasteiger partial charge on any atom is -0.465 e. The lowest BCUT2D eigenvalue weighted by molar-refractivity contribution is -0.147. The van der Waals surface area contributed by atoms with Crippen molar-refractivity contribution in [2.75, 3.05) is 19.1 Å². The van der Waals surface area contributed by atoms with E-state index in [-0.39, 0.29) is 37.4 Å². The number of carbonyl (C=O) groups excluding carboxylic acids is 6. The Bertz CT molecular complexity index is 2070. The molecule has 5 rings (SSSR count). The average Bonchev–Trinajstić information content (AvgIpc) is 3.19. The topological polar surface area (TPSA) is 155 Å². The molecule has 3 aromatic carbocycles. The maximum atomic E-state index is 15.0. The Kier molecular flexibility index (Phi) is 13.6. The molecule has 4 unspecified atom stereocenters.